The molecule has 0 saturated carbocycles. The first-order chi connectivity index (χ1) is 8.97. The van der Waals surface area contributed by atoms with E-state index in [1.165, 1.54) is 6.07 Å². The van der Waals surface area contributed by atoms with Gasteiger partial charge in [0.05, 0.1) is 5.69 Å². The third-order valence-electron chi connectivity index (χ3n) is 2.72. The second kappa shape index (κ2) is 5.06. The fourth-order valence-electron chi connectivity index (χ4n) is 1.57. The summed E-state index contributed by atoms with van der Waals surface area (Å²) < 4.78 is 26.4. The van der Waals surface area contributed by atoms with E-state index in [9.17, 15) is 13.6 Å². The third kappa shape index (κ3) is 2.88. The number of nitrogen functional groups attached to an aromatic ring is 1. The number of carbonyl (C=O) groups excluding carboxylic acids is 1. The van der Waals surface area contributed by atoms with Crippen LogP contribution in [-0.4, -0.2) is 5.91 Å². The van der Waals surface area contributed by atoms with Crippen LogP contribution in [0.4, 0.5) is 20.2 Å². The van der Waals surface area contributed by atoms with Crippen LogP contribution in [0.2, 0.25) is 0 Å². The minimum Gasteiger partial charge on any atom is -0.398 e. The standard InChI is InChI=1S/C14H12F2N2O/c1-8-2-3-9(6-12(8)17)14(19)18-13-7-10(15)4-5-11(13)16/h2-7H,17H2,1H3,(H,18,19). The zero-order valence-corrected chi connectivity index (χ0v) is 10.2. The summed E-state index contributed by atoms with van der Waals surface area (Å²) in [4.78, 5) is 11.9. The first-order valence-electron chi connectivity index (χ1n) is 5.60. The molecule has 0 unspecified atom stereocenters. The Hall–Kier alpha value is -2.43. The van der Waals surface area contributed by atoms with Crippen LogP contribution in [0.15, 0.2) is 36.4 Å². The lowest BCUT2D eigenvalue weighted by Gasteiger charge is -2.08. The monoisotopic (exact) mass is 262 g/mol. The molecule has 0 fully saturated rings. The SMILES string of the molecule is Cc1ccc(C(=O)Nc2cc(F)ccc2F)cc1N. The smallest absolute Gasteiger partial charge is 0.255 e. The van der Waals surface area contributed by atoms with Gasteiger partial charge in [0.15, 0.2) is 0 Å². The van der Waals surface area contributed by atoms with Crippen molar-refractivity contribution in [1.29, 1.82) is 0 Å². The molecule has 2 aromatic carbocycles. The van der Waals surface area contributed by atoms with E-state index in [1.54, 1.807) is 12.1 Å². The summed E-state index contributed by atoms with van der Waals surface area (Å²) in [6.07, 6.45) is 0. The number of nitrogens with two attached hydrogens (primary N) is 1. The number of amides is 1. The number of halogens is 2. The van der Waals surface area contributed by atoms with E-state index in [4.69, 9.17) is 5.73 Å². The molecule has 0 saturated heterocycles. The Morgan fingerprint density at radius 2 is 1.89 bits per heavy atom. The lowest BCUT2D eigenvalue weighted by molar-refractivity contribution is 0.102. The molecule has 0 aliphatic heterocycles. The Morgan fingerprint density at radius 3 is 2.58 bits per heavy atom. The van der Waals surface area contributed by atoms with Crippen LogP contribution in [0.1, 0.15) is 15.9 Å². The summed E-state index contributed by atoms with van der Waals surface area (Å²) in [5.41, 5.74) is 7.08. The van der Waals surface area contributed by atoms with Crippen LogP contribution < -0.4 is 11.1 Å². The molecular weight excluding hydrogens is 250 g/mol. The van der Waals surface area contributed by atoms with E-state index in [0.29, 0.717) is 5.69 Å². The van der Waals surface area contributed by atoms with Crippen molar-refractivity contribution in [2.45, 2.75) is 6.92 Å². The van der Waals surface area contributed by atoms with Gasteiger partial charge in [-0.15, -0.1) is 0 Å². The summed E-state index contributed by atoms with van der Waals surface area (Å²) in [7, 11) is 0. The predicted molar refractivity (Wildman–Crippen MR) is 69.9 cm³/mol. The molecular formula is C14H12F2N2O. The van der Waals surface area contributed by atoms with Crippen molar-refractivity contribution < 1.29 is 13.6 Å². The summed E-state index contributed by atoms with van der Waals surface area (Å²) in [6.45, 7) is 1.81. The van der Waals surface area contributed by atoms with Crippen molar-refractivity contribution in [3.05, 3.63) is 59.2 Å². The number of aryl methyl sites for hydroxylation is 1. The van der Waals surface area contributed by atoms with Gasteiger partial charge in [-0.1, -0.05) is 6.07 Å². The highest BCUT2D eigenvalue weighted by molar-refractivity contribution is 6.04. The fourth-order valence-corrected chi connectivity index (χ4v) is 1.57. The number of benzene rings is 2. The minimum atomic E-state index is -0.699. The van der Waals surface area contributed by atoms with Gasteiger partial charge in [-0.2, -0.15) is 0 Å². The summed E-state index contributed by atoms with van der Waals surface area (Å²) in [6, 6.07) is 7.60. The van der Waals surface area contributed by atoms with Crippen molar-refractivity contribution >= 4 is 17.3 Å². The summed E-state index contributed by atoms with van der Waals surface area (Å²) in [5, 5.41) is 2.30. The third-order valence-corrected chi connectivity index (χ3v) is 2.72. The normalized spacial score (nSPS) is 10.3. The molecule has 0 aliphatic rings. The van der Waals surface area contributed by atoms with Crippen molar-refractivity contribution in [2.24, 2.45) is 0 Å². The molecule has 5 heteroatoms. The second-order valence-corrected chi connectivity index (χ2v) is 4.15. The zero-order chi connectivity index (χ0) is 14.0. The molecule has 19 heavy (non-hydrogen) atoms. The number of anilines is 2. The molecule has 0 spiro atoms. The topological polar surface area (TPSA) is 55.1 Å². The number of carbonyl (C=O) groups is 1. The van der Waals surface area contributed by atoms with Crippen molar-refractivity contribution in [2.75, 3.05) is 11.1 Å². The van der Waals surface area contributed by atoms with Crippen molar-refractivity contribution in [1.82, 2.24) is 0 Å². The van der Waals surface area contributed by atoms with Crippen LogP contribution in [0.5, 0.6) is 0 Å². The maximum atomic E-state index is 13.4. The largest absolute Gasteiger partial charge is 0.398 e. The number of nitrogens with one attached hydrogen (secondary N) is 1. The molecule has 0 radical (unpaired) electrons. The number of hydrogen-bond acceptors (Lipinski definition) is 2. The van der Waals surface area contributed by atoms with Gasteiger partial charge in [-0.25, -0.2) is 8.78 Å². The second-order valence-electron chi connectivity index (χ2n) is 4.15. The molecule has 3 N–H and O–H groups in total. The Balaban J connectivity index is 2.25. The van der Waals surface area contributed by atoms with Gasteiger partial charge in [-0.3, -0.25) is 4.79 Å². The summed E-state index contributed by atoms with van der Waals surface area (Å²) >= 11 is 0. The average Bonchev–Trinajstić information content (AvgIpc) is 2.37. The minimum absolute atomic E-state index is 0.204. The quantitative estimate of drug-likeness (QED) is 0.817. The Labute approximate surface area is 109 Å². The van der Waals surface area contributed by atoms with Gasteiger partial charge in [0.25, 0.3) is 5.91 Å². The van der Waals surface area contributed by atoms with Crippen LogP contribution in [-0.2, 0) is 0 Å². The first kappa shape index (κ1) is 13.0. The predicted octanol–water partition coefficient (Wildman–Crippen LogP) is 3.11. The van der Waals surface area contributed by atoms with E-state index in [2.05, 4.69) is 5.32 Å². The van der Waals surface area contributed by atoms with Crippen LogP contribution in [0, 0.1) is 18.6 Å². The first-order valence-corrected chi connectivity index (χ1v) is 5.60. The molecule has 0 aliphatic carbocycles. The molecule has 0 atom stereocenters. The Bertz CT molecular complexity index is 641. The Kier molecular flexibility index (Phi) is 3.46. The molecule has 0 heterocycles. The number of rotatable bonds is 2. The molecule has 2 rings (SSSR count). The van der Waals surface area contributed by atoms with Gasteiger partial charge in [-0.05, 0) is 36.8 Å². The highest BCUT2D eigenvalue weighted by Gasteiger charge is 2.11. The van der Waals surface area contributed by atoms with Crippen LogP contribution in [0.25, 0.3) is 0 Å². The van der Waals surface area contributed by atoms with Crippen molar-refractivity contribution in [3.63, 3.8) is 0 Å². The van der Waals surface area contributed by atoms with E-state index < -0.39 is 17.5 Å². The molecule has 3 nitrogen and oxygen atoms in total. The Morgan fingerprint density at radius 1 is 1.16 bits per heavy atom. The van der Waals surface area contributed by atoms with Gasteiger partial charge < -0.3 is 11.1 Å². The fraction of sp³-hybridized carbons (Fsp3) is 0.0714. The molecule has 0 bridgehead atoms. The van der Waals surface area contributed by atoms with Crippen LogP contribution in [0.3, 0.4) is 0 Å². The van der Waals surface area contributed by atoms with Gasteiger partial charge in [0.2, 0.25) is 0 Å². The van der Waals surface area contributed by atoms with Gasteiger partial charge in [0.1, 0.15) is 11.6 Å². The highest BCUT2D eigenvalue weighted by atomic mass is 19.1. The number of hydrogen-bond donors (Lipinski definition) is 2. The maximum Gasteiger partial charge on any atom is 0.255 e. The highest BCUT2D eigenvalue weighted by Crippen LogP contribution is 2.18. The summed E-state index contributed by atoms with van der Waals surface area (Å²) in [5.74, 6) is -1.87. The van der Waals surface area contributed by atoms with E-state index in [1.807, 2.05) is 6.92 Å². The average molecular weight is 262 g/mol. The van der Waals surface area contributed by atoms with Gasteiger partial charge >= 0.3 is 0 Å². The lowest BCUT2D eigenvalue weighted by atomic mass is 10.1. The lowest BCUT2D eigenvalue weighted by Crippen LogP contribution is -2.13. The maximum absolute atomic E-state index is 13.4. The zero-order valence-electron chi connectivity index (χ0n) is 10.2. The van der Waals surface area contributed by atoms with E-state index in [-0.39, 0.29) is 11.3 Å². The van der Waals surface area contributed by atoms with Gasteiger partial charge in [0, 0.05) is 17.3 Å². The molecule has 0 aromatic heterocycles. The molecule has 1 amide bonds. The molecule has 98 valence electrons. The molecule has 2 aromatic rings. The van der Waals surface area contributed by atoms with E-state index in [0.717, 1.165) is 23.8 Å². The van der Waals surface area contributed by atoms with Crippen molar-refractivity contribution in [3.8, 4) is 0 Å². The van der Waals surface area contributed by atoms with E-state index >= 15 is 0 Å². The van der Waals surface area contributed by atoms with Crippen LogP contribution >= 0.6 is 0 Å².